The lowest BCUT2D eigenvalue weighted by atomic mass is 10.1. The minimum atomic E-state index is 0.754. The smallest absolute Gasteiger partial charge is 0.134 e. The van der Waals surface area contributed by atoms with Gasteiger partial charge < -0.3 is 5.32 Å². The molecule has 0 atom stereocenters. The molecule has 0 fully saturated rings. The Balaban J connectivity index is 1.86. The fraction of sp³-hybridized carbons (Fsp3) is 0.0625. The minimum Gasteiger partial charge on any atom is -0.339 e. The Morgan fingerprint density at radius 1 is 0.900 bits per heavy atom. The number of aromatic nitrogens is 3. The van der Waals surface area contributed by atoms with E-state index in [1.165, 1.54) is 0 Å². The highest BCUT2D eigenvalue weighted by molar-refractivity contribution is 5.64. The molecule has 4 nitrogen and oxygen atoms in total. The highest BCUT2D eigenvalue weighted by atomic mass is 15.0. The van der Waals surface area contributed by atoms with Crippen LogP contribution in [0, 0.1) is 6.92 Å². The van der Waals surface area contributed by atoms with E-state index in [9.17, 15) is 0 Å². The Morgan fingerprint density at radius 3 is 2.50 bits per heavy atom. The van der Waals surface area contributed by atoms with Crippen molar-refractivity contribution in [2.75, 3.05) is 5.32 Å². The van der Waals surface area contributed by atoms with Crippen molar-refractivity contribution in [1.82, 2.24) is 15.0 Å². The van der Waals surface area contributed by atoms with Gasteiger partial charge in [0, 0.05) is 17.3 Å². The van der Waals surface area contributed by atoms with Crippen LogP contribution in [-0.4, -0.2) is 15.0 Å². The summed E-state index contributed by atoms with van der Waals surface area (Å²) in [5, 5.41) is 3.23. The lowest BCUT2D eigenvalue weighted by Crippen LogP contribution is -1.96. The van der Waals surface area contributed by atoms with Crippen LogP contribution in [-0.2, 0) is 0 Å². The van der Waals surface area contributed by atoms with Crippen LogP contribution in [0.3, 0.4) is 0 Å². The molecule has 0 saturated heterocycles. The summed E-state index contributed by atoms with van der Waals surface area (Å²) in [5.74, 6) is 0.754. The largest absolute Gasteiger partial charge is 0.339 e. The first-order valence-corrected chi connectivity index (χ1v) is 6.38. The van der Waals surface area contributed by atoms with E-state index >= 15 is 0 Å². The van der Waals surface area contributed by atoms with Gasteiger partial charge in [-0.1, -0.05) is 30.3 Å². The number of anilines is 2. The average molecular weight is 262 g/mol. The van der Waals surface area contributed by atoms with E-state index in [0.29, 0.717) is 0 Å². The molecule has 4 heteroatoms. The molecule has 2 aromatic heterocycles. The molecule has 3 rings (SSSR count). The molecular formula is C16H14N4. The molecular weight excluding hydrogens is 248 g/mol. The Bertz CT molecular complexity index is 693. The lowest BCUT2D eigenvalue weighted by molar-refractivity contribution is 1.16. The van der Waals surface area contributed by atoms with Crippen LogP contribution in [0.4, 0.5) is 11.5 Å². The molecule has 2 heterocycles. The topological polar surface area (TPSA) is 50.7 Å². The fourth-order valence-electron chi connectivity index (χ4n) is 1.88. The number of benzene rings is 1. The van der Waals surface area contributed by atoms with Crippen molar-refractivity contribution in [2.24, 2.45) is 0 Å². The molecule has 0 aliphatic heterocycles. The van der Waals surface area contributed by atoms with Crippen molar-refractivity contribution in [3.63, 3.8) is 0 Å². The maximum atomic E-state index is 4.30. The highest BCUT2D eigenvalue weighted by Crippen LogP contribution is 2.20. The third kappa shape index (κ3) is 2.80. The van der Waals surface area contributed by atoms with Gasteiger partial charge in [-0.15, -0.1) is 0 Å². The van der Waals surface area contributed by atoms with Gasteiger partial charge in [0.25, 0.3) is 0 Å². The molecule has 20 heavy (non-hydrogen) atoms. The lowest BCUT2D eigenvalue weighted by Gasteiger charge is -2.07. The van der Waals surface area contributed by atoms with Gasteiger partial charge in [-0.05, 0) is 19.1 Å². The van der Waals surface area contributed by atoms with E-state index < -0.39 is 0 Å². The zero-order valence-electron chi connectivity index (χ0n) is 11.1. The maximum absolute atomic E-state index is 4.30. The Morgan fingerprint density at radius 2 is 1.75 bits per heavy atom. The van der Waals surface area contributed by atoms with E-state index in [4.69, 9.17) is 0 Å². The number of hydrogen-bond donors (Lipinski definition) is 1. The minimum absolute atomic E-state index is 0.754. The number of hydrogen-bond acceptors (Lipinski definition) is 4. The summed E-state index contributed by atoms with van der Waals surface area (Å²) in [5.41, 5.74) is 3.86. The third-order valence-corrected chi connectivity index (χ3v) is 2.92. The second kappa shape index (κ2) is 5.48. The summed E-state index contributed by atoms with van der Waals surface area (Å²) < 4.78 is 0. The number of nitrogens with zero attached hydrogens (tertiary/aromatic N) is 3. The second-order valence-electron chi connectivity index (χ2n) is 4.47. The first-order chi connectivity index (χ1) is 9.81. The highest BCUT2D eigenvalue weighted by Gasteiger charge is 2.02. The van der Waals surface area contributed by atoms with Gasteiger partial charge in [-0.3, -0.25) is 4.98 Å². The molecule has 0 aliphatic rings. The summed E-state index contributed by atoms with van der Waals surface area (Å²) >= 11 is 0. The van der Waals surface area contributed by atoms with Gasteiger partial charge in [0.15, 0.2) is 0 Å². The zero-order valence-corrected chi connectivity index (χ0v) is 11.1. The molecule has 0 radical (unpaired) electrons. The van der Waals surface area contributed by atoms with Crippen LogP contribution in [0.1, 0.15) is 5.69 Å². The van der Waals surface area contributed by atoms with Crippen molar-refractivity contribution < 1.29 is 0 Å². The van der Waals surface area contributed by atoms with Crippen LogP contribution in [0.5, 0.6) is 0 Å². The second-order valence-corrected chi connectivity index (χ2v) is 4.47. The number of aryl methyl sites for hydroxylation is 1. The predicted octanol–water partition coefficient (Wildman–Crippen LogP) is 3.59. The Kier molecular flexibility index (Phi) is 3.37. The Labute approximate surface area is 117 Å². The first kappa shape index (κ1) is 12.3. The van der Waals surface area contributed by atoms with Crippen molar-refractivity contribution in [3.8, 4) is 11.3 Å². The molecule has 0 unspecified atom stereocenters. The van der Waals surface area contributed by atoms with E-state index in [-0.39, 0.29) is 0 Å². The summed E-state index contributed by atoms with van der Waals surface area (Å²) in [6.07, 6.45) is 3.35. The van der Waals surface area contributed by atoms with E-state index in [1.807, 2.05) is 55.5 Å². The van der Waals surface area contributed by atoms with Gasteiger partial charge >= 0.3 is 0 Å². The van der Waals surface area contributed by atoms with E-state index in [2.05, 4.69) is 20.3 Å². The van der Waals surface area contributed by atoms with Gasteiger partial charge in [-0.25, -0.2) is 9.97 Å². The summed E-state index contributed by atoms with van der Waals surface area (Å²) in [6, 6.07) is 15.9. The molecule has 0 bridgehead atoms. The molecule has 0 aliphatic carbocycles. The van der Waals surface area contributed by atoms with Crippen molar-refractivity contribution >= 4 is 11.5 Å². The normalized spacial score (nSPS) is 10.2. The quantitative estimate of drug-likeness (QED) is 0.783. The van der Waals surface area contributed by atoms with Crippen LogP contribution in [0.25, 0.3) is 11.3 Å². The van der Waals surface area contributed by atoms with E-state index in [1.54, 1.807) is 12.5 Å². The van der Waals surface area contributed by atoms with Crippen molar-refractivity contribution in [3.05, 3.63) is 66.7 Å². The predicted molar refractivity (Wildman–Crippen MR) is 79.7 cm³/mol. The molecule has 3 aromatic rings. The monoisotopic (exact) mass is 262 g/mol. The first-order valence-electron chi connectivity index (χ1n) is 6.38. The maximum Gasteiger partial charge on any atom is 0.134 e. The molecule has 0 saturated carbocycles. The van der Waals surface area contributed by atoms with Crippen molar-refractivity contribution in [2.45, 2.75) is 6.92 Å². The fourth-order valence-corrected chi connectivity index (χ4v) is 1.88. The van der Waals surface area contributed by atoms with Crippen molar-refractivity contribution in [1.29, 1.82) is 0 Å². The molecule has 0 spiro atoms. The number of pyridine rings is 1. The van der Waals surface area contributed by atoms with E-state index in [0.717, 1.165) is 28.5 Å². The Hall–Kier alpha value is -2.75. The third-order valence-electron chi connectivity index (χ3n) is 2.92. The molecule has 0 amide bonds. The summed E-state index contributed by atoms with van der Waals surface area (Å²) in [4.78, 5) is 12.8. The number of rotatable bonds is 3. The van der Waals surface area contributed by atoms with Crippen LogP contribution < -0.4 is 5.32 Å². The van der Waals surface area contributed by atoms with Crippen LogP contribution in [0.15, 0.2) is 61.1 Å². The molecule has 1 N–H and O–H groups in total. The van der Waals surface area contributed by atoms with Gasteiger partial charge in [0.1, 0.15) is 12.1 Å². The van der Waals surface area contributed by atoms with Gasteiger partial charge in [-0.2, -0.15) is 0 Å². The number of nitrogens with one attached hydrogen (secondary N) is 1. The van der Waals surface area contributed by atoms with Gasteiger partial charge in [0.2, 0.25) is 0 Å². The molecule has 1 aromatic carbocycles. The van der Waals surface area contributed by atoms with Crippen LogP contribution in [0.2, 0.25) is 0 Å². The summed E-state index contributed by atoms with van der Waals surface area (Å²) in [6.45, 7) is 1.96. The molecule has 98 valence electrons. The SMILES string of the molecule is Cc1ccc(Nc2cc(-c3ccccc3)ncn2)cn1. The standard InChI is InChI=1S/C16H14N4/c1-12-7-8-14(10-17-12)20-16-9-15(18-11-19-16)13-5-3-2-4-6-13/h2-11H,1H3,(H,18,19,20). The van der Waals surface area contributed by atoms with Gasteiger partial charge in [0.05, 0.1) is 17.6 Å². The zero-order chi connectivity index (χ0) is 13.8. The van der Waals surface area contributed by atoms with Crippen LogP contribution >= 0.6 is 0 Å². The average Bonchev–Trinajstić information content (AvgIpc) is 2.51. The summed E-state index contributed by atoms with van der Waals surface area (Å²) in [7, 11) is 0.